The maximum Gasteiger partial charge on any atom is 0.197 e. The van der Waals surface area contributed by atoms with Crippen LogP contribution < -0.4 is 5.43 Å². The Labute approximate surface area is 153 Å². The number of rotatable bonds is 5. The number of likely N-dealkylation sites (N-methyl/N-ethyl adjacent to an activating group) is 1. The number of fused-ring (bicyclic) bond motifs is 2. The fourth-order valence-electron chi connectivity index (χ4n) is 3.12. The molecule has 0 atom stereocenters. The van der Waals surface area contributed by atoms with Gasteiger partial charge >= 0.3 is 0 Å². The molecule has 0 bridgehead atoms. The van der Waals surface area contributed by atoms with E-state index in [4.69, 9.17) is 11.6 Å². The molecule has 0 amide bonds. The maximum atomic E-state index is 12.8. The fraction of sp³-hybridized carbons (Fsp3) is 0.316. The van der Waals surface area contributed by atoms with Crippen LogP contribution in [-0.2, 0) is 6.54 Å². The minimum absolute atomic E-state index is 0. The van der Waals surface area contributed by atoms with E-state index in [9.17, 15) is 4.79 Å². The van der Waals surface area contributed by atoms with Crippen molar-refractivity contribution in [3.63, 3.8) is 0 Å². The molecule has 0 N–H and O–H groups in total. The molecule has 0 radical (unpaired) electrons. The molecule has 0 aliphatic carbocycles. The fourth-order valence-corrected chi connectivity index (χ4v) is 3.30. The van der Waals surface area contributed by atoms with Gasteiger partial charge in [-0.05, 0) is 43.4 Å². The number of aromatic nitrogens is 1. The average molecular weight is 365 g/mol. The molecule has 0 aliphatic heterocycles. The van der Waals surface area contributed by atoms with Gasteiger partial charge in [-0.2, -0.15) is 0 Å². The van der Waals surface area contributed by atoms with E-state index >= 15 is 0 Å². The molecule has 3 aromatic rings. The minimum Gasteiger partial charge on any atom is -0.339 e. The Kier molecular flexibility index (Phi) is 6.27. The first-order valence-electron chi connectivity index (χ1n) is 8.08. The summed E-state index contributed by atoms with van der Waals surface area (Å²) in [6.07, 6.45) is 0. The highest BCUT2D eigenvalue weighted by Gasteiger charge is 2.11. The number of benzene rings is 2. The average Bonchev–Trinajstić information content (AvgIpc) is 2.58. The van der Waals surface area contributed by atoms with Crippen LogP contribution in [-0.4, -0.2) is 29.1 Å². The Bertz CT molecular complexity index is 901. The third kappa shape index (κ3) is 3.44. The number of hydrogen-bond acceptors (Lipinski definition) is 2. The van der Waals surface area contributed by atoms with Gasteiger partial charge in [-0.1, -0.05) is 37.6 Å². The lowest BCUT2D eigenvalue weighted by molar-refractivity contribution is 0.293. The lowest BCUT2D eigenvalue weighted by atomic mass is 10.1. The van der Waals surface area contributed by atoms with Gasteiger partial charge in [0.15, 0.2) is 5.43 Å². The summed E-state index contributed by atoms with van der Waals surface area (Å²) in [6.45, 7) is 8.20. The summed E-state index contributed by atoms with van der Waals surface area (Å²) in [5.74, 6) is 0. The summed E-state index contributed by atoms with van der Waals surface area (Å²) in [5, 5.41) is 2.04. The van der Waals surface area contributed by atoms with E-state index in [1.54, 1.807) is 6.07 Å². The summed E-state index contributed by atoms with van der Waals surface area (Å²) in [5.41, 5.74) is 1.99. The zero-order valence-corrected chi connectivity index (χ0v) is 15.5. The van der Waals surface area contributed by atoms with Crippen LogP contribution in [0, 0.1) is 0 Å². The van der Waals surface area contributed by atoms with E-state index in [1.165, 1.54) is 0 Å². The molecule has 0 fully saturated rings. The third-order valence-corrected chi connectivity index (χ3v) is 4.70. The Balaban J connectivity index is 0.00000208. The van der Waals surface area contributed by atoms with Crippen LogP contribution in [0.2, 0.25) is 5.02 Å². The van der Waals surface area contributed by atoms with Gasteiger partial charge in [0.05, 0.1) is 11.0 Å². The van der Waals surface area contributed by atoms with E-state index in [1.807, 2.05) is 36.4 Å². The third-order valence-electron chi connectivity index (χ3n) is 4.47. The zero-order valence-electron chi connectivity index (χ0n) is 14.0. The zero-order chi connectivity index (χ0) is 16.4. The lowest BCUT2D eigenvalue weighted by Crippen LogP contribution is -2.27. The normalized spacial score (nSPS) is 11.2. The van der Waals surface area contributed by atoms with Crippen molar-refractivity contribution in [1.29, 1.82) is 0 Å². The number of hydrogen-bond donors (Lipinski definition) is 0. The van der Waals surface area contributed by atoms with Crippen molar-refractivity contribution >= 4 is 45.8 Å². The first kappa shape index (κ1) is 18.8. The van der Waals surface area contributed by atoms with Gasteiger partial charge in [0.1, 0.15) is 0 Å². The van der Waals surface area contributed by atoms with Gasteiger partial charge in [-0.3, -0.25) is 4.79 Å². The molecular weight excluding hydrogens is 343 g/mol. The standard InChI is InChI=1S/C19H21ClN2O.ClH/c1-3-21(4-2)11-12-22-17-8-6-5-7-15(17)19(23)16-13-14(20)9-10-18(16)22;/h5-10,13H,3-4,11-12H2,1-2H3;1H. The van der Waals surface area contributed by atoms with Crippen LogP contribution in [0.25, 0.3) is 21.8 Å². The number of nitrogens with zero attached hydrogens (tertiary/aromatic N) is 2. The van der Waals surface area contributed by atoms with E-state index in [2.05, 4.69) is 23.3 Å². The second kappa shape index (κ2) is 8.02. The van der Waals surface area contributed by atoms with E-state index in [0.717, 1.165) is 42.6 Å². The van der Waals surface area contributed by atoms with E-state index in [-0.39, 0.29) is 17.8 Å². The first-order chi connectivity index (χ1) is 11.2. The number of para-hydroxylation sites is 1. The highest BCUT2D eigenvalue weighted by molar-refractivity contribution is 6.31. The molecule has 0 spiro atoms. The van der Waals surface area contributed by atoms with Crippen molar-refractivity contribution < 1.29 is 0 Å². The molecule has 3 nitrogen and oxygen atoms in total. The van der Waals surface area contributed by atoms with Crippen molar-refractivity contribution in [2.45, 2.75) is 20.4 Å². The molecular formula is C19H22Cl2N2O. The predicted octanol–water partition coefficient (Wildman–Crippen LogP) is 4.57. The van der Waals surface area contributed by atoms with Crippen LogP contribution >= 0.6 is 24.0 Å². The largest absolute Gasteiger partial charge is 0.339 e. The van der Waals surface area contributed by atoms with Crippen molar-refractivity contribution in [2.75, 3.05) is 19.6 Å². The van der Waals surface area contributed by atoms with Crippen molar-refractivity contribution in [3.05, 3.63) is 57.7 Å². The minimum atomic E-state index is 0. The van der Waals surface area contributed by atoms with Crippen molar-refractivity contribution in [3.8, 4) is 0 Å². The Morgan fingerprint density at radius 1 is 1.00 bits per heavy atom. The summed E-state index contributed by atoms with van der Waals surface area (Å²) < 4.78 is 2.24. The Morgan fingerprint density at radius 3 is 2.38 bits per heavy atom. The molecule has 5 heteroatoms. The monoisotopic (exact) mass is 364 g/mol. The molecule has 2 aromatic carbocycles. The smallest absolute Gasteiger partial charge is 0.197 e. The molecule has 24 heavy (non-hydrogen) atoms. The molecule has 1 heterocycles. The summed E-state index contributed by atoms with van der Waals surface area (Å²) in [4.78, 5) is 15.1. The molecule has 0 aliphatic rings. The van der Waals surface area contributed by atoms with E-state index in [0.29, 0.717) is 10.4 Å². The van der Waals surface area contributed by atoms with Crippen molar-refractivity contribution in [1.82, 2.24) is 9.47 Å². The van der Waals surface area contributed by atoms with Gasteiger partial charge in [0.2, 0.25) is 0 Å². The van der Waals surface area contributed by atoms with Gasteiger partial charge in [-0.15, -0.1) is 12.4 Å². The second-order valence-electron chi connectivity index (χ2n) is 5.69. The van der Waals surface area contributed by atoms with Crippen molar-refractivity contribution in [2.24, 2.45) is 0 Å². The van der Waals surface area contributed by atoms with Gasteiger partial charge in [-0.25, -0.2) is 0 Å². The van der Waals surface area contributed by atoms with E-state index < -0.39 is 0 Å². The SMILES string of the molecule is CCN(CC)CCn1c2ccccc2c(=O)c2cc(Cl)ccc21.Cl. The van der Waals surface area contributed by atoms with Gasteiger partial charge in [0.25, 0.3) is 0 Å². The number of pyridine rings is 1. The Hall–Kier alpha value is -1.55. The molecule has 128 valence electrons. The highest BCUT2D eigenvalue weighted by Crippen LogP contribution is 2.22. The first-order valence-corrected chi connectivity index (χ1v) is 8.46. The van der Waals surface area contributed by atoms with Gasteiger partial charge in [0, 0.05) is 28.9 Å². The summed E-state index contributed by atoms with van der Waals surface area (Å²) in [7, 11) is 0. The maximum absolute atomic E-state index is 12.8. The quantitative estimate of drug-likeness (QED) is 0.619. The van der Waals surface area contributed by atoms with Crippen LogP contribution in [0.3, 0.4) is 0 Å². The highest BCUT2D eigenvalue weighted by atomic mass is 35.5. The van der Waals surface area contributed by atoms with Crippen LogP contribution in [0.5, 0.6) is 0 Å². The molecule has 0 saturated heterocycles. The van der Waals surface area contributed by atoms with Gasteiger partial charge < -0.3 is 9.47 Å². The second-order valence-corrected chi connectivity index (χ2v) is 6.12. The molecule has 0 saturated carbocycles. The lowest BCUT2D eigenvalue weighted by Gasteiger charge is -2.21. The Morgan fingerprint density at radius 2 is 1.67 bits per heavy atom. The van der Waals surface area contributed by atoms with Crippen LogP contribution in [0.4, 0.5) is 0 Å². The summed E-state index contributed by atoms with van der Waals surface area (Å²) in [6, 6.07) is 13.4. The summed E-state index contributed by atoms with van der Waals surface area (Å²) >= 11 is 6.11. The molecule has 3 rings (SSSR count). The topological polar surface area (TPSA) is 25.2 Å². The number of halogens is 2. The predicted molar refractivity (Wildman–Crippen MR) is 106 cm³/mol. The molecule has 1 aromatic heterocycles. The molecule has 0 unspecified atom stereocenters. The van der Waals surface area contributed by atoms with Crippen LogP contribution in [0.1, 0.15) is 13.8 Å². The van der Waals surface area contributed by atoms with Crippen LogP contribution in [0.15, 0.2) is 47.3 Å².